The van der Waals surface area contributed by atoms with Crippen LogP contribution in [0.25, 0.3) is 0 Å². The second-order valence-electron chi connectivity index (χ2n) is 6.63. The van der Waals surface area contributed by atoms with Crippen LogP contribution < -0.4 is 4.74 Å². The molecule has 0 unspecified atom stereocenters. The molecule has 0 aromatic heterocycles. The lowest BCUT2D eigenvalue weighted by Crippen LogP contribution is -2.41. The first-order chi connectivity index (χ1) is 12.8. The molecular weight excluding hydrogens is 401 g/mol. The topological polar surface area (TPSA) is 49.9 Å². The van der Waals surface area contributed by atoms with E-state index in [0.29, 0.717) is 25.6 Å². The van der Waals surface area contributed by atoms with E-state index in [1.807, 2.05) is 11.8 Å². The van der Waals surface area contributed by atoms with Crippen LogP contribution in [-0.2, 0) is 10.0 Å². The lowest BCUT2D eigenvalue weighted by atomic mass is 10.1. The Labute approximate surface area is 161 Å². The van der Waals surface area contributed by atoms with E-state index in [1.165, 1.54) is 16.4 Å². The van der Waals surface area contributed by atoms with Crippen LogP contribution in [0.15, 0.2) is 29.2 Å². The van der Waals surface area contributed by atoms with Gasteiger partial charge in [0.15, 0.2) is 0 Å². The molecule has 0 radical (unpaired) electrons. The molecule has 2 fully saturated rings. The molecule has 10 heteroatoms. The van der Waals surface area contributed by atoms with Crippen LogP contribution in [-0.4, -0.2) is 67.7 Å². The summed E-state index contributed by atoms with van der Waals surface area (Å²) in [6.45, 7) is 1.96. The molecule has 2 heterocycles. The van der Waals surface area contributed by atoms with Gasteiger partial charge in [0.2, 0.25) is 10.0 Å². The van der Waals surface area contributed by atoms with Crippen molar-refractivity contribution < 1.29 is 26.3 Å². The van der Waals surface area contributed by atoms with Gasteiger partial charge in [-0.3, -0.25) is 4.90 Å². The van der Waals surface area contributed by atoms with Gasteiger partial charge in [0.25, 0.3) is 0 Å². The Morgan fingerprint density at radius 1 is 1.04 bits per heavy atom. The number of hydrogen-bond acceptors (Lipinski definition) is 5. The van der Waals surface area contributed by atoms with Gasteiger partial charge in [-0.05, 0) is 49.4 Å². The number of rotatable bonds is 4. The van der Waals surface area contributed by atoms with Crippen molar-refractivity contribution in [2.45, 2.75) is 36.6 Å². The third kappa shape index (κ3) is 5.30. The first-order valence-electron chi connectivity index (χ1n) is 8.94. The summed E-state index contributed by atoms with van der Waals surface area (Å²) < 4.78 is 69.1. The zero-order valence-electron chi connectivity index (χ0n) is 14.8. The normalized spacial score (nSPS) is 21.7. The second-order valence-corrected chi connectivity index (χ2v) is 9.76. The van der Waals surface area contributed by atoms with Crippen LogP contribution >= 0.6 is 11.8 Å². The summed E-state index contributed by atoms with van der Waals surface area (Å²) in [6, 6.07) is 5.39. The average Bonchev–Trinajstić information content (AvgIpc) is 2.88. The summed E-state index contributed by atoms with van der Waals surface area (Å²) >= 11 is 1.94. The van der Waals surface area contributed by atoms with Gasteiger partial charge < -0.3 is 4.74 Å². The molecule has 1 aromatic carbocycles. The molecule has 0 atom stereocenters. The maximum absolute atomic E-state index is 13.0. The molecule has 0 aliphatic carbocycles. The summed E-state index contributed by atoms with van der Waals surface area (Å²) in [5.41, 5.74) is 0. The van der Waals surface area contributed by atoms with Gasteiger partial charge in [-0.1, -0.05) is 12.1 Å². The first-order valence-corrected chi connectivity index (χ1v) is 11.5. The average molecular weight is 425 g/mol. The standard InChI is InChI=1S/C17H23F3N2O3S2/c18-17(19,20)25-15-4-1-2-5-16(15)27(23,24)22-9-3-8-21(10-11-22)14-6-12-26-13-7-14/h1-2,4-5,14H,3,6-13H2. The molecule has 0 amide bonds. The summed E-state index contributed by atoms with van der Waals surface area (Å²) in [6.07, 6.45) is -2.09. The smallest absolute Gasteiger partial charge is 0.404 e. The number of hydrogen-bond donors (Lipinski definition) is 0. The Morgan fingerprint density at radius 3 is 2.44 bits per heavy atom. The third-order valence-corrected chi connectivity index (χ3v) is 7.88. The largest absolute Gasteiger partial charge is 0.573 e. The van der Waals surface area contributed by atoms with Crippen LogP contribution in [0.3, 0.4) is 0 Å². The molecule has 0 bridgehead atoms. The predicted octanol–water partition coefficient (Wildman–Crippen LogP) is 3.18. The third-order valence-electron chi connectivity index (χ3n) is 4.89. The Balaban J connectivity index is 1.75. The molecule has 3 rings (SSSR count). The summed E-state index contributed by atoms with van der Waals surface area (Å²) in [5, 5.41) is 0. The number of para-hydroxylation sites is 1. The lowest BCUT2D eigenvalue weighted by Gasteiger charge is -2.33. The molecule has 2 aliphatic rings. The first kappa shape index (κ1) is 20.8. The van der Waals surface area contributed by atoms with Gasteiger partial charge in [-0.15, -0.1) is 13.2 Å². The minimum atomic E-state index is -4.94. The highest BCUT2D eigenvalue weighted by Gasteiger charge is 2.36. The van der Waals surface area contributed by atoms with Crippen LogP contribution in [0, 0.1) is 0 Å². The minimum Gasteiger partial charge on any atom is -0.404 e. The number of ether oxygens (including phenoxy) is 1. The Kier molecular flexibility index (Phi) is 6.60. The quantitative estimate of drug-likeness (QED) is 0.743. The van der Waals surface area contributed by atoms with Crippen LogP contribution in [0.4, 0.5) is 13.2 Å². The summed E-state index contributed by atoms with van der Waals surface area (Å²) in [7, 11) is -4.06. The van der Waals surface area contributed by atoms with E-state index in [0.717, 1.165) is 43.0 Å². The van der Waals surface area contributed by atoms with Crippen molar-refractivity contribution >= 4 is 21.8 Å². The number of thioether (sulfide) groups is 1. The van der Waals surface area contributed by atoms with E-state index in [2.05, 4.69) is 9.64 Å². The fraction of sp³-hybridized carbons (Fsp3) is 0.647. The highest BCUT2D eigenvalue weighted by atomic mass is 32.2. The van der Waals surface area contributed by atoms with Crippen LogP contribution in [0.1, 0.15) is 19.3 Å². The number of alkyl halides is 3. The molecule has 152 valence electrons. The maximum atomic E-state index is 13.0. The SMILES string of the molecule is O=S(=O)(c1ccccc1OC(F)(F)F)N1CCCN(C2CCSCC2)CC1. The van der Waals surface area contributed by atoms with E-state index in [4.69, 9.17) is 0 Å². The number of sulfonamides is 1. The molecule has 27 heavy (non-hydrogen) atoms. The van der Waals surface area contributed by atoms with Gasteiger partial charge in [-0.2, -0.15) is 16.1 Å². The zero-order chi connectivity index (χ0) is 19.5. The minimum absolute atomic E-state index is 0.270. The molecule has 1 aromatic rings. The molecule has 2 saturated heterocycles. The Hall–Kier alpha value is -0.970. The van der Waals surface area contributed by atoms with E-state index < -0.39 is 27.0 Å². The van der Waals surface area contributed by atoms with Crippen LogP contribution in [0.5, 0.6) is 5.75 Å². The monoisotopic (exact) mass is 424 g/mol. The molecular formula is C17H23F3N2O3S2. The van der Waals surface area contributed by atoms with Crippen LogP contribution in [0.2, 0.25) is 0 Å². The van der Waals surface area contributed by atoms with Gasteiger partial charge in [0.05, 0.1) is 0 Å². The maximum Gasteiger partial charge on any atom is 0.573 e. The van der Waals surface area contributed by atoms with Crippen molar-refractivity contribution in [3.8, 4) is 5.75 Å². The van der Waals surface area contributed by atoms with Crippen molar-refractivity contribution in [3.63, 3.8) is 0 Å². The highest BCUT2D eigenvalue weighted by Crippen LogP contribution is 2.32. The molecule has 5 nitrogen and oxygen atoms in total. The van der Waals surface area contributed by atoms with E-state index in [1.54, 1.807) is 0 Å². The van der Waals surface area contributed by atoms with Crippen molar-refractivity contribution in [2.24, 2.45) is 0 Å². The van der Waals surface area contributed by atoms with Crippen molar-refractivity contribution in [1.29, 1.82) is 0 Å². The summed E-state index contributed by atoms with van der Waals surface area (Å²) in [4.78, 5) is 1.89. The Morgan fingerprint density at radius 2 is 1.74 bits per heavy atom. The van der Waals surface area contributed by atoms with Gasteiger partial charge >= 0.3 is 6.36 Å². The summed E-state index contributed by atoms with van der Waals surface area (Å²) in [5.74, 6) is 1.55. The van der Waals surface area contributed by atoms with Gasteiger partial charge in [-0.25, -0.2) is 8.42 Å². The Bertz CT molecular complexity index is 737. The molecule has 0 N–H and O–H groups in total. The van der Waals surface area contributed by atoms with Gasteiger partial charge in [0.1, 0.15) is 10.6 Å². The number of nitrogens with zero attached hydrogens (tertiary/aromatic N) is 2. The van der Waals surface area contributed by atoms with Crippen molar-refractivity contribution in [1.82, 2.24) is 9.21 Å². The second kappa shape index (κ2) is 8.59. The molecule has 0 spiro atoms. The van der Waals surface area contributed by atoms with Crippen molar-refractivity contribution in [3.05, 3.63) is 24.3 Å². The number of halogens is 3. The van der Waals surface area contributed by atoms with E-state index in [9.17, 15) is 21.6 Å². The molecule has 0 saturated carbocycles. The fourth-order valence-electron chi connectivity index (χ4n) is 3.58. The van der Waals surface area contributed by atoms with E-state index in [-0.39, 0.29) is 6.54 Å². The lowest BCUT2D eigenvalue weighted by molar-refractivity contribution is -0.275. The van der Waals surface area contributed by atoms with E-state index >= 15 is 0 Å². The highest BCUT2D eigenvalue weighted by molar-refractivity contribution is 7.99. The zero-order valence-corrected chi connectivity index (χ0v) is 16.5. The fourth-order valence-corrected chi connectivity index (χ4v) is 6.25. The van der Waals surface area contributed by atoms with Crippen molar-refractivity contribution in [2.75, 3.05) is 37.7 Å². The van der Waals surface area contributed by atoms with Gasteiger partial charge in [0, 0.05) is 25.7 Å². The number of benzene rings is 1. The predicted molar refractivity (Wildman–Crippen MR) is 98.4 cm³/mol. The molecule has 2 aliphatic heterocycles.